The molecule has 2 N–H and O–H groups in total. The molecule has 6 nitrogen and oxygen atoms in total. The van der Waals surface area contributed by atoms with Crippen LogP contribution in [-0.2, 0) is 9.53 Å². The Morgan fingerprint density at radius 3 is 2.64 bits per heavy atom. The van der Waals surface area contributed by atoms with Gasteiger partial charge in [-0.15, -0.1) is 0 Å². The summed E-state index contributed by atoms with van der Waals surface area (Å²) in [4.78, 5) is 24.5. The first-order chi connectivity index (χ1) is 11.8. The summed E-state index contributed by atoms with van der Waals surface area (Å²) < 4.78 is 10.2. The van der Waals surface area contributed by atoms with Gasteiger partial charge in [0.25, 0.3) is 5.91 Å². The summed E-state index contributed by atoms with van der Waals surface area (Å²) in [6.07, 6.45) is 2.27. The minimum absolute atomic E-state index is 0.0000988. The standard InChI is InChI=1S/C19H27NO5/c1-11-6-5-7-16(12(11)2)20-18(22)13(3)25-19(23)15-9-8-14(24-4)10-17(15)21/h8-13,16,21H,5-7H2,1-4H3,(H,20,22)/t11-,12+,13+,16+/m0/s1. The molecule has 1 fully saturated rings. The van der Waals surface area contributed by atoms with E-state index in [2.05, 4.69) is 19.2 Å². The Labute approximate surface area is 148 Å². The molecule has 25 heavy (non-hydrogen) atoms. The van der Waals surface area contributed by atoms with Crippen LogP contribution in [0, 0.1) is 11.8 Å². The number of methoxy groups -OCH3 is 1. The molecule has 0 radical (unpaired) electrons. The highest BCUT2D eigenvalue weighted by Crippen LogP contribution is 2.29. The molecular weight excluding hydrogens is 322 g/mol. The monoisotopic (exact) mass is 349 g/mol. The lowest BCUT2D eigenvalue weighted by molar-refractivity contribution is -0.130. The van der Waals surface area contributed by atoms with Crippen LogP contribution in [0.1, 0.15) is 50.4 Å². The Kier molecular flexibility index (Phi) is 6.28. The van der Waals surface area contributed by atoms with E-state index >= 15 is 0 Å². The number of rotatable bonds is 5. The van der Waals surface area contributed by atoms with E-state index in [1.807, 2.05) is 0 Å². The lowest BCUT2D eigenvalue weighted by Crippen LogP contribution is -2.47. The van der Waals surface area contributed by atoms with Crippen molar-refractivity contribution in [2.75, 3.05) is 7.11 Å². The summed E-state index contributed by atoms with van der Waals surface area (Å²) in [5.41, 5.74) is 0.0000988. The van der Waals surface area contributed by atoms with Crippen molar-refractivity contribution >= 4 is 11.9 Å². The second kappa shape index (κ2) is 8.23. The number of benzene rings is 1. The molecule has 0 heterocycles. The predicted octanol–water partition coefficient (Wildman–Crippen LogP) is 2.89. The lowest BCUT2D eigenvalue weighted by Gasteiger charge is -2.35. The number of esters is 1. The molecule has 1 aromatic carbocycles. The van der Waals surface area contributed by atoms with Crippen molar-refractivity contribution in [3.8, 4) is 11.5 Å². The summed E-state index contributed by atoms with van der Waals surface area (Å²) in [5, 5.41) is 12.9. The summed E-state index contributed by atoms with van der Waals surface area (Å²) in [6, 6.07) is 4.39. The molecule has 0 spiro atoms. The Morgan fingerprint density at radius 1 is 1.28 bits per heavy atom. The smallest absolute Gasteiger partial charge is 0.342 e. The second-order valence-electron chi connectivity index (χ2n) is 6.81. The second-order valence-corrected chi connectivity index (χ2v) is 6.81. The van der Waals surface area contributed by atoms with E-state index in [1.54, 1.807) is 6.07 Å². The molecule has 4 atom stereocenters. The highest BCUT2D eigenvalue weighted by atomic mass is 16.5. The highest BCUT2D eigenvalue weighted by molar-refractivity contribution is 5.94. The normalized spacial score (nSPS) is 24.2. The van der Waals surface area contributed by atoms with Gasteiger partial charge in [0.1, 0.15) is 17.1 Å². The number of carbonyl (C=O) groups excluding carboxylic acids is 2. The largest absolute Gasteiger partial charge is 0.507 e. The van der Waals surface area contributed by atoms with Gasteiger partial charge in [0, 0.05) is 12.1 Å². The lowest BCUT2D eigenvalue weighted by atomic mass is 9.78. The molecule has 1 aliphatic carbocycles. The van der Waals surface area contributed by atoms with Crippen molar-refractivity contribution in [2.24, 2.45) is 11.8 Å². The van der Waals surface area contributed by atoms with E-state index in [-0.39, 0.29) is 23.3 Å². The van der Waals surface area contributed by atoms with Crippen LogP contribution < -0.4 is 10.1 Å². The fraction of sp³-hybridized carbons (Fsp3) is 0.579. The minimum atomic E-state index is -0.932. The van der Waals surface area contributed by atoms with Gasteiger partial charge in [0.2, 0.25) is 0 Å². The van der Waals surface area contributed by atoms with Crippen LogP contribution in [0.15, 0.2) is 18.2 Å². The third-order valence-electron chi connectivity index (χ3n) is 5.11. The van der Waals surface area contributed by atoms with Crippen molar-refractivity contribution in [3.05, 3.63) is 23.8 Å². The van der Waals surface area contributed by atoms with Gasteiger partial charge in [-0.05, 0) is 37.3 Å². The number of phenols is 1. The van der Waals surface area contributed by atoms with Crippen LogP contribution in [0.2, 0.25) is 0 Å². The zero-order valence-corrected chi connectivity index (χ0v) is 15.2. The van der Waals surface area contributed by atoms with Crippen LogP contribution in [-0.4, -0.2) is 36.2 Å². The maximum absolute atomic E-state index is 12.3. The van der Waals surface area contributed by atoms with Gasteiger partial charge in [-0.3, -0.25) is 4.79 Å². The van der Waals surface area contributed by atoms with Crippen LogP contribution in [0.5, 0.6) is 11.5 Å². The zero-order chi connectivity index (χ0) is 18.6. The van der Waals surface area contributed by atoms with Crippen molar-refractivity contribution < 1.29 is 24.2 Å². The van der Waals surface area contributed by atoms with E-state index in [4.69, 9.17) is 9.47 Å². The number of nitrogens with one attached hydrogen (secondary N) is 1. The van der Waals surface area contributed by atoms with E-state index in [0.29, 0.717) is 17.6 Å². The fourth-order valence-corrected chi connectivity index (χ4v) is 3.17. The average molecular weight is 349 g/mol. The first-order valence-corrected chi connectivity index (χ1v) is 8.71. The van der Waals surface area contributed by atoms with Crippen LogP contribution in [0.25, 0.3) is 0 Å². The molecule has 1 aliphatic rings. The number of amides is 1. The van der Waals surface area contributed by atoms with Crippen molar-refractivity contribution in [1.29, 1.82) is 0 Å². The molecule has 0 saturated heterocycles. The van der Waals surface area contributed by atoms with Crippen LogP contribution >= 0.6 is 0 Å². The van der Waals surface area contributed by atoms with E-state index in [9.17, 15) is 14.7 Å². The number of hydrogen-bond donors (Lipinski definition) is 2. The first kappa shape index (κ1) is 19.1. The average Bonchev–Trinajstić information content (AvgIpc) is 2.58. The topological polar surface area (TPSA) is 84.9 Å². The van der Waals surface area contributed by atoms with E-state index in [0.717, 1.165) is 12.8 Å². The first-order valence-electron chi connectivity index (χ1n) is 8.71. The molecule has 138 valence electrons. The SMILES string of the molecule is COc1ccc(C(=O)O[C@H](C)C(=O)N[C@@H]2CCC[C@H](C)[C@H]2C)c(O)c1. The van der Waals surface area contributed by atoms with Gasteiger partial charge in [-0.2, -0.15) is 0 Å². The molecule has 1 aromatic rings. The van der Waals surface area contributed by atoms with Gasteiger partial charge < -0.3 is 19.9 Å². The molecule has 6 heteroatoms. The zero-order valence-electron chi connectivity index (χ0n) is 15.2. The minimum Gasteiger partial charge on any atom is -0.507 e. The number of hydrogen-bond acceptors (Lipinski definition) is 5. The number of ether oxygens (including phenoxy) is 2. The Hall–Kier alpha value is -2.24. The summed E-state index contributed by atoms with van der Waals surface area (Å²) in [7, 11) is 1.46. The number of phenolic OH excluding ortho intramolecular Hbond substituents is 1. The number of aromatic hydroxyl groups is 1. The van der Waals surface area contributed by atoms with Gasteiger partial charge in [-0.25, -0.2) is 4.79 Å². The van der Waals surface area contributed by atoms with Gasteiger partial charge >= 0.3 is 5.97 Å². The maximum atomic E-state index is 12.3. The third-order valence-corrected chi connectivity index (χ3v) is 5.11. The molecule has 0 aromatic heterocycles. The Morgan fingerprint density at radius 2 is 2.00 bits per heavy atom. The third kappa shape index (κ3) is 4.65. The fourth-order valence-electron chi connectivity index (χ4n) is 3.17. The predicted molar refractivity (Wildman–Crippen MR) is 93.6 cm³/mol. The molecule has 0 unspecified atom stereocenters. The highest BCUT2D eigenvalue weighted by Gasteiger charge is 2.30. The summed E-state index contributed by atoms with van der Waals surface area (Å²) in [6.45, 7) is 5.87. The van der Waals surface area contributed by atoms with Gasteiger partial charge in [0.05, 0.1) is 7.11 Å². The molecule has 2 rings (SSSR count). The van der Waals surface area contributed by atoms with Crippen LogP contribution in [0.3, 0.4) is 0 Å². The van der Waals surface area contributed by atoms with Crippen molar-refractivity contribution in [2.45, 2.75) is 52.2 Å². The molecule has 0 bridgehead atoms. The van der Waals surface area contributed by atoms with Crippen molar-refractivity contribution in [3.63, 3.8) is 0 Å². The molecule has 0 aliphatic heterocycles. The van der Waals surface area contributed by atoms with E-state index in [1.165, 1.54) is 32.6 Å². The van der Waals surface area contributed by atoms with Gasteiger partial charge in [-0.1, -0.05) is 26.7 Å². The summed E-state index contributed by atoms with van der Waals surface area (Å²) >= 11 is 0. The maximum Gasteiger partial charge on any atom is 0.342 e. The van der Waals surface area contributed by atoms with E-state index < -0.39 is 12.1 Å². The molecular formula is C19H27NO5. The Balaban J connectivity index is 1.95. The quantitative estimate of drug-likeness (QED) is 0.799. The molecule has 1 amide bonds. The van der Waals surface area contributed by atoms with Crippen molar-refractivity contribution in [1.82, 2.24) is 5.32 Å². The van der Waals surface area contributed by atoms with Crippen LogP contribution in [0.4, 0.5) is 0 Å². The number of carbonyl (C=O) groups is 2. The Bertz CT molecular complexity index is 630. The van der Waals surface area contributed by atoms with Gasteiger partial charge in [0.15, 0.2) is 6.10 Å². The molecule has 1 saturated carbocycles. The summed E-state index contributed by atoms with van der Waals surface area (Å²) in [5.74, 6) is 0.0893.